The minimum absolute atomic E-state index is 0.605. The molecule has 1 aromatic heterocycles. The molecule has 0 aliphatic heterocycles. The number of hydrogen-bond acceptors (Lipinski definition) is 3. The molecule has 3 nitrogen and oxygen atoms in total. The van der Waals surface area contributed by atoms with E-state index < -0.39 is 0 Å². The van der Waals surface area contributed by atoms with Crippen molar-refractivity contribution in [3.05, 3.63) is 59.8 Å². The molecule has 3 rings (SSSR count). The number of aromatic nitrogens is 1. The molecule has 2 N–H and O–H groups in total. The van der Waals surface area contributed by atoms with Gasteiger partial charge in [0.25, 0.3) is 0 Å². The predicted octanol–water partition coefficient (Wildman–Crippen LogP) is 4.21. The quantitative estimate of drug-likeness (QED) is 0.705. The van der Waals surface area contributed by atoms with Crippen LogP contribution in [-0.4, -0.2) is 4.98 Å². The Labute approximate surface area is 118 Å². The van der Waals surface area contributed by atoms with Gasteiger partial charge in [-0.05, 0) is 31.0 Å². The topological polar surface area (TPSA) is 52.0 Å². The summed E-state index contributed by atoms with van der Waals surface area (Å²) in [7, 11) is 0. The summed E-state index contributed by atoms with van der Waals surface area (Å²) in [6.45, 7) is 4.03. The highest BCUT2D eigenvalue weighted by atomic mass is 16.4. The van der Waals surface area contributed by atoms with Gasteiger partial charge in [0.2, 0.25) is 5.89 Å². The monoisotopic (exact) mass is 264 g/mol. The zero-order chi connectivity index (χ0) is 14.1. The van der Waals surface area contributed by atoms with Crippen LogP contribution in [0.15, 0.2) is 53.1 Å². The summed E-state index contributed by atoms with van der Waals surface area (Å²) < 4.78 is 5.86. The molecule has 100 valence electrons. The Morgan fingerprint density at radius 2 is 1.75 bits per heavy atom. The maximum absolute atomic E-state index is 5.98. The van der Waals surface area contributed by atoms with Crippen LogP contribution >= 0.6 is 0 Å². The number of benzene rings is 2. The zero-order valence-electron chi connectivity index (χ0n) is 11.6. The molecule has 0 fully saturated rings. The van der Waals surface area contributed by atoms with E-state index >= 15 is 0 Å². The third-order valence-corrected chi connectivity index (χ3v) is 3.41. The molecule has 0 unspecified atom stereocenters. The van der Waals surface area contributed by atoms with Crippen molar-refractivity contribution in [3.63, 3.8) is 0 Å². The zero-order valence-corrected chi connectivity index (χ0v) is 11.6. The van der Waals surface area contributed by atoms with Gasteiger partial charge in [-0.3, -0.25) is 0 Å². The van der Waals surface area contributed by atoms with Crippen LogP contribution in [0, 0.1) is 13.8 Å². The predicted molar refractivity (Wildman–Crippen MR) is 81.3 cm³/mol. The van der Waals surface area contributed by atoms with Crippen molar-refractivity contribution in [2.75, 3.05) is 5.73 Å². The van der Waals surface area contributed by atoms with E-state index in [4.69, 9.17) is 10.2 Å². The van der Waals surface area contributed by atoms with Crippen LogP contribution in [-0.2, 0) is 0 Å². The van der Waals surface area contributed by atoms with Gasteiger partial charge in [-0.25, -0.2) is 4.98 Å². The van der Waals surface area contributed by atoms with Gasteiger partial charge in [-0.2, -0.15) is 0 Å². The van der Waals surface area contributed by atoms with E-state index in [9.17, 15) is 0 Å². The molecular formula is C17H16N2O. The van der Waals surface area contributed by atoms with Crippen LogP contribution in [0.2, 0.25) is 0 Å². The Hall–Kier alpha value is -2.55. The number of nitrogens with zero attached hydrogens (tertiary/aromatic N) is 1. The van der Waals surface area contributed by atoms with Gasteiger partial charge in [-0.1, -0.05) is 36.4 Å². The maximum atomic E-state index is 5.98. The van der Waals surface area contributed by atoms with Crippen molar-refractivity contribution >= 4 is 5.69 Å². The first-order valence-electron chi connectivity index (χ1n) is 6.53. The molecule has 0 radical (unpaired) electrons. The highest BCUT2D eigenvalue weighted by Gasteiger charge is 2.12. The number of nitrogens with two attached hydrogens (primary N) is 1. The Bertz CT molecular complexity index is 745. The summed E-state index contributed by atoms with van der Waals surface area (Å²) in [5, 5.41) is 0. The fraction of sp³-hybridized carbons (Fsp3) is 0.118. The average molecular weight is 264 g/mol. The normalized spacial score (nSPS) is 10.7. The van der Waals surface area contributed by atoms with Crippen LogP contribution in [0.25, 0.3) is 22.8 Å². The molecule has 0 atom stereocenters. The number of rotatable bonds is 2. The minimum Gasteiger partial charge on any atom is -0.436 e. The van der Waals surface area contributed by atoms with Crippen molar-refractivity contribution in [1.82, 2.24) is 4.98 Å². The lowest BCUT2D eigenvalue weighted by Gasteiger charge is -2.06. The fourth-order valence-corrected chi connectivity index (χ4v) is 2.23. The van der Waals surface area contributed by atoms with E-state index in [2.05, 4.69) is 11.1 Å². The lowest BCUT2D eigenvalue weighted by atomic mass is 10.0. The van der Waals surface area contributed by atoms with E-state index in [1.54, 1.807) is 6.20 Å². The van der Waals surface area contributed by atoms with Crippen molar-refractivity contribution in [3.8, 4) is 22.8 Å². The van der Waals surface area contributed by atoms with E-state index in [1.807, 2.05) is 50.2 Å². The van der Waals surface area contributed by atoms with Crippen LogP contribution < -0.4 is 5.73 Å². The van der Waals surface area contributed by atoms with Crippen LogP contribution in [0.5, 0.6) is 0 Å². The molecular weight excluding hydrogens is 248 g/mol. The van der Waals surface area contributed by atoms with Crippen LogP contribution in [0.3, 0.4) is 0 Å². The summed E-state index contributed by atoms with van der Waals surface area (Å²) in [5.41, 5.74) is 10.9. The van der Waals surface area contributed by atoms with Gasteiger partial charge in [0.15, 0.2) is 5.76 Å². The smallest absolute Gasteiger partial charge is 0.227 e. The van der Waals surface area contributed by atoms with Gasteiger partial charge < -0.3 is 10.2 Å². The average Bonchev–Trinajstić information content (AvgIpc) is 2.93. The van der Waals surface area contributed by atoms with Gasteiger partial charge in [0.05, 0.1) is 6.20 Å². The first-order valence-corrected chi connectivity index (χ1v) is 6.53. The molecule has 0 saturated heterocycles. The second-order valence-electron chi connectivity index (χ2n) is 4.92. The van der Waals surface area contributed by atoms with Crippen molar-refractivity contribution in [1.29, 1.82) is 0 Å². The first kappa shape index (κ1) is 12.5. The molecule has 2 aromatic carbocycles. The molecule has 0 bridgehead atoms. The standard InChI is InChI=1S/C17H16N2O/c1-11-8-12(2)15(18)9-14(11)17-19-10-16(20-17)13-6-4-3-5-7-13/h3-10H,18H2,1-2H3. The minimum atomic E-state index is 0.605. The van der Waals surface area contributed by atoms with Gasteiger partial charge >= 0.3 is 0 Å². The Kier molecular flexibility index (Phi) is 3.03. The largest absolute Gasteiger partial charge is 0.436 e. The number of hydrogen-bond donors (Lipinski definition) is 1. The SMILES string of the molecule is Cc1cc(C)c(-c2ncc(-c3ccccc3)o2)cc1N. The molecule has 0 saturated carbocycles. The lowest BCUT2D eigenvalue weighted by Crippen LogP contribution is -1.93. The lowest BCUT2D eigenvalue weighted by molar-refractivity contribution is 0.588. The van der Waals surface area contributed by atoms with E-state index in [-0.39, 0.29) is 0 Å². The van der Waals surface area contributed by atoms with Crippen LogP contribution in [0.1, 0.15) is 11.1 Å². The number of aryl methyl sites for hydroxylation is 2. The Balaban J connectivity index is 2.05. The maximum Gasteiger partial charge on any atom is 0.227 e. The summed E-state index contributed by atoms with van der Waals surface area (Å²) in [4.78, 5) is 4.37. The summed E-state index contributed by atoms with van der Waals surface area (Å²) >= 11 is 0. The molecule has 0 amide bonds. The molecule has 3 heteroatoms. The number of nitrogen functional groups attached to an aromatic ring is 1. The molecule has 20 heavy (non-hydrogen) atoms. The molecule has 0 aliphatic carbocycles. The van der Waals surface area contributed by atoms with E-state index in [0.717, 1.165) is 33.7 Å². The first-order chi connectivity index (χ1) is 9.65. The Morgan fingerprint density at radius 1 is 1.00 bits per heavy atom. The molecule has 3 aromatic rings. The van der Waals surface area contributed by atoms with E-state index in [1.165, 1.54) is 0 Å². The van der Waals surface area contributed by atoms with Crippen molar-refractivity contribution in [2.24, 2.45) is 0 Å². The second-order valence-corrected chi connectivity index (χ2v) is 4.92. The van der Waals surface area contributed by atoms with Crippen molar-refractivity contribution < 1.29 is 4.42 Å². The summed E-state index contributed by atoms with van der Waals surface area (Å²) in [6, 6.07) is 13.9. The molecule has 0 spiro atoms. The number of oxazole rings is 1. The summed E-state index contributed by atoms with van der Waals surface area (Å²) in [6.07, 6.45) is 1.75. The highest BCUT2D eigenvalue weighted by Crippen LogP contribution is 2.30. The Morgan fingerprint density at radius 3 is 2.50 bits per heavy atom. The number of anilines is 1. The molecule has 1 heterocycles. The third kappa shape index (κ3) is 2.18. The third-order valence-electron chi connectivity index (χ3n) is 3.41. The van der Waals surface area contributed by atoms with E-state index in [0.29, 0.717) is 5.89 Å². The fourth-order valence-electron chi connectivity index (χ4n) is 2.23. The van der Waals surface area contributed by atoms with Crippen molar-refractivity contribution in [2.45, 2.75) is 13.8 Å². The van der Waals surface area contributed by atoms with Gasteiger partial charge in [-0.15, -0.1) is 0 Å². The van der Waals surface area contributed by atoms with Gasteiger partial charge in [0, 0.05) is 16.8 Å². The van der Waals surface area contributed by atoms with Gasteiger partial charge in [0.1, 0.15) is 0 Å². The summed E-state index contributed by atoms with van der Waals surface area (Å²) in [5.74, 6) is 1.37. The second kappa shape index (κ2) is 4.85. The molecule has 0 aliphatic rings. The highest BCUT2D eigenvalue weighted by molar-refractivity contribution is 5.68. The van der Waals surface area contributed by atoms with Crippen LogP contribution in [0.4, 0.5) is 5.69 Å².